The number of allylic oxidation sites excluding steroid dienone is 5. The van der Waals surface area contributed by atoms with Crippen molar-refractivity contribution < 1.29 is 0 Å². The fraction of sp³-hybridized carbons (Fsp3) is 0.0725. The first-order valence-corrected chi connectivity index (χ1v) is 25.3. The van der Waals surface area contributed by atoms with Crippen LogP contribution in [0.5, 0.6) is 0 Å². The minimum Gasteiger partial charge on any atom is -0.310 e. The van der Waals surface area contributed by atoms with Gasteiger partial charge in [0, 0.05) is 39.1 Å². The molecule has 2 heteroatoms. The van der Waals surface area contributed by atoms with Crippen LogP contribution in [0.25, 0.3) is 83.3 Å². The maximum absolute atomic E-state index is 2.52. The van der Waals surface area contributed by atoms with E-state index in [1.54, 1.807) is 0 Å². The number of rotatable bonds is 6. The molecule has 0 amide bonds. The number of aromatic nitrogens is 1. The summed E-state index contributed by atoms with van der Waals surface area (Å²) in [7, 11) is 0. The van der Waals surface area contributed by atoms with Gasteiger partial charge in [0.2, 0.25) is 0 Å². The van der Waals surface area contributed by atoms with E-state index in [1.807, 2.05) is 0 Å². The maximum atomic E-state index is 2.52. The summed E-state index contributed by atoms with van der Waals surface area (Å²) in [5.41, 5.74) is 25.5. The smallest absolute Gasteiger partial charge is 0.0689 e. The molecule has 1 aromatic heterocycles. The lowest BCUT2D eigenvalue weighted by molar-refractivity contribution is 0.714. The number of benzene rings is 10. The number of hydrogen-bond acceptors (Lipinski definition) is 1. The quantitative estimate of drug-likeness (QED) is 0.161. The molecule has 1 spiro atoms. The van der Waals surface area contributed by atoms with Crippen molar-refractivity contribution in [1.29, 1.82) is 0 Å². The van der Waals surface area contributed by atoms with Gasteiger partial charge in [-0.05, 0) is 163 Å². The Kier molecular flexibility index (Phi) is 8.86. The van der Waals surface area contributed by atoms with Gasteiger partial charge in [-0.1, -0.05) is 188 Å². The molecule has 334 valence electrons. The SMILES string of the molecule is C1=CC2=C(CC1)C1(c3ccccc32)c2ccccc2-c2ccc(N(c3ccc(-c4ccccc4)cc3)c3ccc(-c4ccc(-n5c6ccccc6c6c7ccccc7c7c(c65)C=CCC7)cc4)cc3)cc21. The van der Waals surface area contributed by atoms with E-state index in [2.05, 4.69) is 252 Å². The van der Waals surface area contributed by atoms with Crippen molar-refractivity contribution >= 4 is 61.3 Å². The Bertz CT molecular complexity index is 4070. The summed E-state index contributed by atoms with van der Waals surface area (Å²) in [4.78, 5) is 2.45. The zero-order valence-electron chi connectivity index (χ0n) is 39.3. The Morgan fingerprint density at radius 1 is 0.408 bits per heavy atom. The minimum atomic E-state index is -0.347. The van der Waals surface area contributed by atoms with Gasteiger partial charge in [0.05, 0.1) is 16.4 Å². The lowest BCUT2D eigenvalue weighted by Gasteiger charge is -2.34. The van der Waals surface area contributed by atoms with Gasteiger partial charge in [0.1, 0.15) is 0 Å². The molecule has 2 nitrogen and oxygen atoms in total. The van der Waals surface area contributed by atoms with Crippen LogP contribution >= 0.6 is 0 Å². The van der Waals surface area contributed by atoms with Crippen LogP contribution in [0.4, 0.5) is 17.1 Å². The van der Waals surface area contributed by atoms with Crippen molar-refractivity contribution in [3.05, 3.63) is 276 Å². The Balaban J connectivity index is 0.853. The average molecular weight is 905 g/mol. The number of hydrogen-bond donors (Lipinski definition) is 0. The van der Waals surface area contributed by atoms with Crippen LogP contribution in [0, 0.1) is 0 Å². The van der Waals surface area contributed by atoms with E-state index in [0.29, 0.717) is 0 Å². The van der Waals surface area contributed by atoms with Crippen LogP contribution < -0.4 is 4.90 Å². The molecule has 71 heavy (non-hydrogen) atoms. The van der Waals surface area contributed by atoms with Gasteiger partial charge in [-0.2, -0.15) is 0 Å². The molecule has 0 bridgehead atoms. The van der Waals surface area contributed by atoms with Gasteiger partial charge in [0.25, 0.3) is 0 Å². The van der Waals surface area contributed by atoms with Crippen molar-refractivity contribution in [2.75, 3.05) is 4.90 Å². The molecule has 4 aliphatic rings. The predicted octanol–water partition coefficient (Wildman–Crippen LogP) is 18.1. The molecular weight excluding hydrogens is 857 g/mol. The van der Waals surface area contributed by atoms with E-state index in [4.69, 9.17) is 0 Å². The number of para-hydroxylation sites is 1. The molecule has 15 rings (SSSR count). The van der Waals surface area contributed by atoms with Gasteiger partial charge < -0.3 is 9.47 Å². The second-order valence-corrected chi connectivity index (χ2v) is 19.7. The first kappa shape index (κ1) is 40.2. The topological polar surface area (TPSA) is 8.17 Å². The zero-order valence-corrected chi connectivity index (χ0v) is 39.3. The van der Waals surface area contributed by atoms with E-state index in [0.717, 1.165) is 42.7 Å². The lowest BCUT2D eigenvalue weighted by Crippen LogP contribution is -2.28. The number of anilines is 3. The summed E-state index contributed by atoms with van der Waals surface area (Å²) < 4.78 is 2.51. The van der Waals surface area contributed by atoms with E-state index >= 15 is 0 Å². The van der Waals surface area contributed by atoms with Crippen molar-refractivity contribution in [2.45, 2.75) is 31.1 Å². The zero-order chi connectivity index (χ0) is 46.6. The van der Waals surface area contributed by atoms with E-state index < -0.39 is 0 Å². The number of fused-ring (bicyclic) bond motifs is 17. The van der Waals surface area contributed by atoms with Gasteiger partial charge in [-0.25, -0.2) is 0 Å². The molecule has 1 atom stereocenters. The summed E-state index contributed by atoms with van der Waals surface area (Å²) >= 11 is 0. The normalized spacial score (nSPS) is 16.1. The van der Waals surface area contributed by atoms with Crippen molar-refractivity contribution in [2.24, 2.45) is 0 Å². The molecule has 0 radical (unpaired) electrons. The molecule has 11 aromatic rings. The third-order valence-corrected chi connectivity index (χ3v) is 16.2. The van der Waals surface area contributed by atoms with Crippen LogP contribution in [0.1, 0.15) is 52.6 Å². The Hall–Kier alpha value is -8.72. The standard InChI is InChI=1S/C69H48N2/c1-2-16-45(17-3-1)46-30-36-49(37-31-46)70(52-42-43-58-57-22-10-14-28-64(57)69(65(58)44-52)62-26-12-8-20-55(62)56-21-9-13-27-63(56)69)50-38-32-47(33-39-50)48-34-40-51(41-35-48)71-66-29-15-11-25-61(66)67-59-23-6-4-18-53(59)54-19-5-7-24-60(54)68(67)71/h1-4,6-12,14-18,20-26,28-44H,5,13,19,27H2. The number of aryl methyl sites for hydroxylation is 1. The average Bonchev–Trinajstić information content (AvgIpc) is 4.07. The van der Waals surface area contributed by atoms with Gasteiger partial charge in [-0.3, -0.25) is 0 Å². The van der Waals surface area contributed by atoms with Crippen molar-refractivity contribution in [1.82, 2.24) is 4.57 Å². The molecule has 4 aliphatic carbocycles. The molecule has 10 aromatic carbocycles. The first-order chi connectivity index (χ1) is 35.2. The monoisotopic (exact) mass is 904 g/mol. The highest BCUT2D eigenvalue weighted by Gasteiger charge is 2.52. The predicted molar refractivity (Wildman–Crippen MR) is 298 cm³/mol. The fourth-order valence-electron chi connectivity index (χ4n) is 13.2. The summed E-state index contributed by atoms with van der Waals surface area (Å²) in [6, 6.07) is 81.8. The van der Waals surface area contributed by atoms with Gasteiger partial charge in [0.15, 0.2) is 0 Å². The fourth-order valence-corrected chi connectivity index (χ4v) is 13.2. The lowest BCUT2D eigenvalue weighted by atomic mass is 9.68. The van der Waals surface area contributed by atoms with Crippen LogP contribution in [0.2, 0.25) is 0 Å². The van der Waals surface area contributed by atoms with Crippen molar-refractivity contribution in [3.63, 3.8) is 0 Å². The Morgan fingerprint density at radius 3 is 1.70 bits per heavy atom. The second-order valence-electron chi connectivity index (χ2n) is 19.7. The highest BCUT2D eigenvalue weighted by molar-refractivity contribution is 6.24. The minimum absolute atomic E-state index is 0.347. The summed E-state index contributed by atoms with van der Waals surface area (Å²) in [6.45, 7) is 0. The molecular formula is C69H48N2. The van der Waals surface area contributed by atoms with Crippen LogP contribution in [0.15, 0.2) is 242 Å². The number of nitrogens with zero attached hydrogens (tertiary/aromatic N) is 2. The summed E-state index contributed by atoms with van der Waals surface area (Å²) in [6.07, 6.45) is 13.7. The Labute approximate surface area is 414 Å². The maximum Gasteiger partial charge on any atom is 0.0689 e. The van der Waals surface area contributed by atoms with Crippen molar-refractivity contribution in [3.8, 4) is 39.1 Å². The van der Waals surface area contributed by atoms with E-state index in [-0.39, 0.29) is 5.41 Å². The van der Waals surface area contributed by atoms with E-state index in [1.165, 1.54) is 116 Å². The highest BCUT2D eigenvalue weighted by Crippen LogP contribution is 2.64. The van der Waals surface area contributed by atoms with Gasteiger partial charge >= 0.3 is 0 Å². The van der Waals surface area contributed by atoms with Gasteiger partial charge in [-0.15, -0.1) is 0 Å². The Morgan fingerprint density at radius 2 is 0.958 bits per heavy atom. The molecule has 0 saturated carbocycles. The molecule has 0 N–H and O–H groups in total. The molecule has 1 heterocycles. The molecule has 0 aliphatic heterocycles. The summed E-state index contributed by atoms with van der Waals surface area (Å²) in [5, 5.41) is 5.35. The summed E-state index contributed by atoms with van der Waals surface area (Å²) in [5.74, 6) is 0. The van der Waals surface area contributed by atoms with Crippen LogP contribution in [-0.2, 0) is 11.8 Å². The second kappa shape index (κ2) is 15.7. The largest absolute Gasteiger partial charge is 0.310 e. The van der Waals surface area contributed by atoms with Crippen LogP contribution in [-0.4, -0.2) is 4.57 Å². The molecule has 0 fully saturated rings. The van der Waals surface area contributed by atoms with E-state index in [9.17, 15) is 0 Å². The third kappa shape index (κ3) is 5.82. The highest BCUT2D eigenvalue weighted by atomic mass is 15.1. The van der Waals surface area contributed by atoms with Crippen LogP contribution in [0.3, 0.4) is 0 Å². The third-order valence-electron chi connectivity index (χ3n) is 16.2. The molecule has 1 unspecified atom stereocenters. The first-order valence-electron chi connectivity index (χ1n) is 25.3. The molecule has 0 saturated heterocycles.